The van der Waals surface area contributed by atoms with Gasteiger partial charge in [-0.05, 0) is 41.7 Å². The van der Waals surface area contributed by atoms with E-state index in [1.54, 1.807) is 31.3 Å². The molecule has 0 bridgehead atoms. The summed E-state index contributed by atoms with van der Waals surface area (Å²) < 4.78 is 70.2. The minimum absolute atomic E-state index is 0.0307. The first-order valence-electron chi connectivity index (χ1n) is 9.88. The van der Waals surface area contributed by atoms with E-state index in [4.69, 9.17) is 0 Å². The molecule has 1 aliphatic rings. The number of aromatic amines is 1. The number of hydrogen-bond acceptors (Lipinski definition) is 3. The first-order chi connectivity index (χ1) is 15.2. The van der Waals surface area contributed by atoms with Gasteiger partial charge in [-0.3, -0.25) is 9.89 Å². The third kappa shape index (κ3) is 3.19. The summed E-state index contributed by atoms with van der Waals surface area (Å²) in [6.07, 6.45) is -3.02. The van der Waals surface area contributed by atoms with Crippen LogP contribution in [0.25, 0.3) is 27.5 Å². The molecule has 2 N–H and O–H groups in total. The number of aromatic nitrogens is 4. The standard InChI is InChI=1S/C21H16F5N5O/c1-2-11-16(13-8-27-29-19(13)17(18(11)23)21(24,25)26)9-3-4-31-10(5-9)6-15(30-31)28-20(32)12-7-14(12)22/h3-6,8,12,14H,2,7H2,1H3,(H,27,29)(H,28,30,32). The van der Waals surface area contributed by atoms with E-state index in [-0.39, 0.29) is 29.6 Å². The summed E-state index contributed by atoms with van der Waals surface area (Å²) in [5.74, 6) is -2.25. The molecule has 2 unspecified atom stereocenters. The molecule has 1 fully saturated rings. The predicted octanol–water partition coefficient (Wildman–Crippen LogP) is 4.89. The average molecular weight is 449 g/mol. The Morgan fingerprint density at radius 2 is 2.09 bits per heavy atom. The molecule has 2 atom stereocenters. The van der Waals surface area contributed by atoms with E-state index in [1.165, 1.54) is 10.7 Å². The maximum absolute atomic E-state index is 15.0. The lowest BCUT2D eigenvalue weighted by Gasteiger charge is -2.17. The fourth-order valence-corrected chi connectivity index (χ4v) is 3.99. The normalized spacial score (nSPS) is 18.4. The van der Waals surface area contributed by atoms with Crippen LogP contribution in [-0.2, 0) is 17.4 Å². The number of nitrogens with one attached hydrogen (secondary N) is 2. The van der Waals surface area contributed by atoms with E-state index >= 15 is 4.39 Å². The van der Waals surface area contributed by atoms with Crippen molar-refractivity contribution in [1.29, 1.82) is 0 Å². The highest BCUT2D eigenvalue weighted by Crippen LogP contribution is 2.43. The second-order valence-corrected chi connectivity index (χ2v) is 7.71. The van der Waals surface area contributed by atoms with E-state index in [9.17, 15) is 22.4 Å². The molecule has 0 saturated heterocycles. The Kier molecular flexibility index (Phi) is 4.47. The molecule has 32 heavy (non-hydrogen) atoms. The fraction of sp³-hybridized carbons (Fsp3) is 0.286. The van der Waals surface area contributed by atoms with Gasteiger partial charge in [-0.25, -0.2) is 13.3 Å². The molecule has 0 radical (unpaired) electrons. The molecule has 11 heteroatoms. The van der Waals surface area contributed by atoms with Gasteiger partial charge in [0.15, 0.2) is 5.82 Å². The minimum atomic E-state index is -4.89. The van der Waals surface area contributed by atoms with Crippen molar-refractivity contribution in [3.8, 4) is 11.1 Å². The van der Waals surface area contributed by atoms with Crippen LogP contribution in [-0.4, -0.2) is 31.9 Å². The third-order valence-corrected chi connectivity index (χ3v) is 5.63. The smallest absolute Gasteiger partial charge is 0.309 e. The molecule has 4 aromatic rings. The molecule has 1 amide bonds. The van der Waals surface area contributed by atoms with Crippen molar-refractivity contribution >= 4 is 28.1 Å². The Bertz CT molecular complexity index is 1370. The Morgan fingerprint density at radius 3 is 2.75 bits per heavy atom. The van der Waals surface area contributed by atoms with Crippen molar-refractivity contribution in [1.82, 2.24) is 19.8 Å². The van der Waals surface area contributed by atoms with Crippen molar-refractivity contribution in [2.24, 2.45) is 5.92 Å². The van der Waals surface area contributed by atoms with Crippen LogP contribution in [0.15, 0.2) is 30.6 Å². The molecule has 166 valence electrons. The zero-order chi connectivity index (χ0) is 22.8. The Balaban J connectivity index is 1.63. The van der Waals surface area contributed by atoms with Crippen LogP contribution < -0.4 is 5.32 Å². The lowest BCUT2D eigenvalue weighted by atomic mass is 9.91. The zero-order valence-corrected chi connectivity index (χ0v) is 16.6. The average Bonchev–Trinajstić information content (AvgIpc) is 3.10. The highest BCUT2D eigenvalue weighted by atomic mass is 19.4. The lowest BCUT2D eigenvalue weighted by molar-refractivity contribution is -0.138. The summed E-state index contributed by atoms with van der Waals surface area (Å²) in [6.45, 7) is 1.58. The van der Waals surface area contributed by atoms with Gasteiger partial charge in [0.2, 0.25) is 5.91 Å². The highest BCUT2D eigenvalue weighted by Gasteiger charge is 2.44. The van der Waals surface area contributed by atoms with Crippen LogP contribution in [0, 0.1) is 11.7 Å². The van der Waals surface area contributed by atoms with E-state index in [2.05, 4.69) is 20.6 Å². The monoisotopic (exact) mass is 449 g/mol. The number of halogens is 5. The third-order valence-electron chi connectivity index (χ3n) is 5.63. The van der Waals surface area contributed by atoms with Gasteiger partial charge in [-0.2, -0.15) is 23.4 Å². The van der Waals surface area contributed by atoms with Gasteiger partial charge >= 0.3 is 6.18 Å². The molecule has 3 heterocycles. The summed E-state index contributed by atoms with van der Waals surface area (Å²) in [6, 6.07) is 4.78. The molecule has 5 rings (SSSR count). The number of carbonyl (C=O) groups excluding carboxylic acids is 1. The maximum Gasteiger partial charge on any atom is 0.421 e. The largest absolute Gasteiger partial charge is 0.421 e. The van der Waals surface area contributed by atoms with Crippen molar-refractivity contribution in [3.63, 3.8) is 0 Å². The molecule has 0 spiro atoms. The number of H-pyrrole nitrogens is 1. The maximum atomic E-state index is 15.0. The number of carbonyl (C=O) groups is 1. The quantitative estimate of drug-likeness (QED) is 0.436. The summed E-state index contributed by atoms with van der Waals surface area (Å²) in [5, 5.41) is 12.9. The Morgan fingerprint density at radius 1 is 1.34 bits per heavy atom. The Labute approximate surface area is 177 Å². The number of hydrogen-bond donors (Lipinski definition) is 2. The highest BCUT2D eigenvalue weighted by molar-refractivity contribution is 5.99. The number of alkyl halides is 4. The van der Waals surface area contributed by atoms with Gasteiger partial charge in [-0.1, -0.05) is 6.92 Å². The SMILES string of the molecule is CCc1c(F)c(C(F)(F)F)c2[nH]ncc2c1-c1ccn2nc(NC(=O)C3CC3F)cc2c1. The molecule has 3 aromatic heterocycles. The zero-order valence-electron chi connectivity index (χ0n) is 16.6. The number of anilines is 1. The molecule has 1 aliphatic carbocycles. The van der Waals surface area contributed by atoms with Crippen molar-refractivity contribution < 1.29 is 26.7 Å². The first kappa shape index (κ1) is 20.4. The molecule has 0 aliphatic heterocycles. The number of pyridine rings is 1. The summed E-state index contributed by atoms with van der Waals surface area (Å²) in [7, 11) is 0. The summed E-state index contributed by atoms with van der Waals surface area (Å²) >= 11 is 0. The van der Waals surface area contributed by atoms with Crippen molar-refractivity contribution in [2.75, 3.05) is 5.32 Å². The summed E-state index contributed by atoms with van der Waals surface area (Å²) in [5.41, 5.74) is -0.580. The molecular weight excluding hydrogens is 433 g/mol. The van der Waals surface area contributed by atoms with Gasteiger partial charge in [-0.15, -0.1) is 0 Å². The van der Waals surface area contributed by atoms with Gasteiger partial charge < -0.3 is 5.32 Å². The van der Waals surface area contributed by atoms with Crippen LogP contribution in [0.1, 0.15) is 24.5 Å². The van der Waals surface area contributed by atoms with Gasteiger partial charge in [0.1, 0.15) is 17.6 Å². The second kappa shape index (κ2) is 7.01. The minimum Gasteiger partial charge on any atom is -0.309 e. The van der Waals surface area contributed by atoms with Crippen molar-refractivity contribution in [3.05, 3.63) is 47.5 Å². The first-order valence-corrected chi connectivity index (χ1v) is 9.88. The molecule has 1 saturated carbocycles. The molecule has 6 nitrogen and oxygen atoms in total. The predicted molar refractivity (Wildman–Crippen MR) is 106 cm³/mol. The Hall–Kier alpha value is -3.50. The summed E-state index contributed by atoms with van der Waals surface area (Å²) in [4.78, 5) is 12.0. The van der Waals surface area contributed by atoms with Gasteiger partial charge in [0.05, 0.1) is 23.1 Å². The van der Waals surface area contributed by atoms with Crippen molar-refractivity contribution in [2.45, 2.75) is 32.1 Å². The van der Waals surface area contributed by atoms with Crippen LogP contribution in [0.3, 0.4) is 0 Å². The molecule has 1 aromatic carbocycles. The van der Waals surface area contributed by atoms with Crippen LogP contribution in [0.2, 0.25) is 0 Å². The van der Waals surface area contributed by atoms with Crippen LogP contribution in [0.4, 0.5) is 27.8 Å². The number of amides is 1. The van der Waals surface area contributed by atoms with E-state index in [0.29, 0.717) is 16.6 Å². The number of benzene rings is 1. The van der Waals surface area contributed by atoms with Crippen LogP contribution >= 0.6 is 0 Å². The fourth-order valence-electron chi connectivity index (χ4n) is 3.99. The second-order valence-electron chi connectivity index (χ2n) is 7.71. The lowest BCUT2D eigenvalue weighted by Crippen LogP contribution is -2.15. The van der Waals surface area contributed by atoms with Crippen LogP contribution in [0.5, 0.6) is 0 Å². The van der Waals surface area contributed by atoms with Gasteiger partial charge in [0, 0.05) is 17.6 Å². The van der Waals surface area contributed by atoms with E-state index in [0.717, 1.165) is 0 Å². The van der Waals surface area contributed by atoms with E-state index in [1.807, 2.05) is 0 Å². The number of fused-ring (bicyclic) bond motifs is 2. The van der Waals surface area contributed by atoms with E-state index < -0.39 is 41.1 Å². The molecular formula is C21H16F5N5O. The number of rotatable bonds is 4. The van der Waals surface area contributed by atoms with Gasteiger partial charge in [0.25, 0.3) is 0 Å². The number of nitrogens with zero attached hydrogens (tertiary/aromatic N) is 3. The topological polar surface area (TPSA) is 75.1 Å².